The molecule has 0 N–H and O–H groups in total. The van der Waals surface area contributed by atoms with E-state index in [2.05, 4.69) is 20.2 Å². The van der Waals surface area contributed by atoms with Gasteiger partial charge in [-0.1, -0.05) is 0 Å². The first-order valence-electron chi connectivity index (χ1n) is 9.06. The van der Waals surface area contributed by atoms with E-state index in [0.29, 0.717) is 23.0 Å². The number of aromatic nitrogens is 1. The van der Waals surface area contributed by atoms with Gasteiger partial charge in [0.25, 0.3) is 5.91 Å². The first-order valence-corrected chi connectivity index (χ1v) is 10.0. The highest BCUT2D eigenvalue weighted by Crippen LogP contribution is 2.34. The molecule has 6 nitrogen and oxygen atoms in total. The van der Waals surface area contributed by atoms with Crippen LogP contribution in [-0.2, 0) is 6.54 Å². The Bertz CT molecular complexity index is 810. The minimum absolute atomic E-state index is 0.105. The van der Waals surface area contributed by atoms with Gasteiger partial charge >= 0.3 is 0 Å². The Labute approximate surface area is 156 Å². The van der Waals surface area contributed by atoms with Gasteiger partial charge in [0, 0.05) is 43.2 Å². The van der Waals surface area contributed by atoms with Crippen molar-refractivity contribution in [1.82, 2.24) is 14.8 Å². The monoisotopic (exact) mass is 371 g/mol. The van der Waals surface area contributed by atoms with Crippen LogP contribution in [0.15, 0.2) is 29.1 Å². The molecule has 2 aromatic rings. The van der Waals surface area contributed by atoms with Crippen LogP contribution in [0.25, 0.3) is 0 Å². The lowest BCUT2D eigenvalue weighted by Crippen LogP contribution is -2.47. The van der Waals surface area contributed by atoms with E-state index in [1.807, 2.05) is 23.7 Å². The van der Waals surface area contributed by atoms with Crippen molar-refractivity contribution >= 4 is 17.2 Å². The number of fused-ring (bicyclic) bond motifs is 5. The molecular formula is C19H21N3O3S. The minimum atomic E-state index is 0.105. The molecule has 3 fully saturated rings. The Morgan fingerprint density at radius 3 is 3.00 bits per heavy atom. The molecular weight excluding hydrogens is 350 g/mol. The third-order valence-electron chi connectivity index (χ3n) is 5.54. The standard InChI is InChI=1S/C19H21N3O3S/c23-19(14-2-4-17-18(5-14)25-12-24-17)22-7-13-1-3-16(22)9-21(6-13)8-15-10-26-11-20-15/h2,4-5,10-11,13,16H,1,3,6-9,12H2/t13-,16+/m0/s1. The molecule has 1 amide bonds. The average Bonchev–Trinajstić information content (AvgIpc) is 3.26. The summed E-state index contributed by atoms with van der Waals surface area (Å²) < 4.78 is 10.8. The molecule has 6 rings (SSSR count). The third-order valence-corrected chi connectivity index (χ3v) is 6.17. The van der Waals surface area contributed by atoms with Crippen molar-refractivity contribution < 1.29 is 14.3 Å². The lowest BCUT2D eigenvalue weighted by atomic mass is 9.94. The van der Waals surface area contributed by atoms with Crippen molar-refractivity contribution in [2.75, 3.05) is 26.4 Å². The maximum atomic E-state index is 13.2. The molecule has 0 spiro atoms. The number of hydrogen-bond acceptors (Lipinski definition) is 6. The zero-order valence-electron chi connectivity index (χ0n) is 14.5. The fourth-order valence-corrected chi connectivity index (χ4v) is 4.85. The number of amides is 1. The van der Waals surface area contributed by atoms with Gasteiger partial charge in [0.1, 0.15) is 0 Å². The molecule has 7 heteroatoms. The first kappa shape index (κ1) is 16.1. The van der Waals surface area contributed by atoms with Crippen LogP contribution in [0.5, 0.6) is 11.5 Å². The molecule has 0 saturated carbocycles. The molecule has 0 radical (unpaired) electrons. The summed E-state index contributed by atoms with van der Waals surface area (Å²) in [6.07, 6.45) is 2.28. The van der Waals surface area contributed by atoms with Crippen LogP contribution in [0.3, 0.4) is 0 Å². The highest BCUT2D eigenvalue weighted by Gasteiger charge is 2.37. The van der Waals surface area contributed by atoms with Crippen LogP contribution < -0.4 is 9.47 Å². The summed E-state index contributed by atoms with van der Waals surface area (Å²) in [6, 6.07) is 5.77. The molecule has 0 aliphatic carbocycles. The van der Waals surface area contributed by atoms with Crippen molar-refractivity contribution in [2.45, 2.75) is 25.4 Å². The predicted octanol–water partition coefficient (Wildman–Crippen LogP) is 2.61. The van der Waals surface area contributed by atoms with Gasteiger partial charge in [-0.3, -0.25) is 9.69 Å². The number of benzene rings is 1. The van der Waals surface area contributed by atoms with Gasteiger partial charge in [-0.05, 0) is 37.0 Å². The Hall–Kier alpha value is -2.12. The van der Waals surface area contributed by atoms with Crippen molar-refractivity contribution in [1.29, 1.82) is 0 Å². The van der Waals surface area contributed by atoms with E-state index in [9.17, 15) is 4.79 Å². The lowest BCUT2D eigenvalue weighted by molar-refractivity contribution is 0.0584. The molecule has 1 aromatic heterocycles. The van der Waals surface area contributed by atoms with Gasteiger partial charge in [0.2, 0.25) is 6.79 Å². The minimum Gasteiger partial charge on any atom is -0.454 e. The van der Waals surface area contributed by atoms with E-state index in [0.717, 1.165) is 38.3 Å². The topological polar surface area (TPSA) is 54.9 Å². The Balaban J connectivity index is 1.34. The van der Waals surface area contributed by atoms with Gasteiger partial charge in [0.05, 0.1) is 11.2 Å². The highest BCUT2D eigenvalue weighted by atomic mass is 32.1. The Kier molecular flexibility index (Phi) is 4.05. The number of ether oxygens (including phenoxy) is 2. The lowest BCUT2D eigenvalue weighted by Gasteiger charge is -2.36. The van der Waals surface area contributed by atoms with Gasteiger partial charge in [-0.25, -0.2) is 4.98 Å². The molecule has 0 unspecified atom stereocenters. The molecule has 2 bridgehead atoms. The number of nitrogens with zero attached hydrogens (tertiary/aromatic N) is 3. The molecule has 4 aliphatic rings. The van der Waals surface area contributed by atoms with Gasteiger partial charge in [-0.15, -0.1) is 11.3 Å². The van der Waals surface area contributed by atoms with Crippen LogP contribution in [0.4, 0.5) is 0 Å². The normalized spacial score (nSPS) is 24.7. The largest absolute Gasteiger partial charge is 0.454 e. The van der Waals surface area contributed by atoms with Crippen molar-refractivity contribution in [3.63, 3.8) is 0 Å². The summed E-state index contributed by atoms with van der Waals surface area (Å²) in [5.41, 5.74) is 3.70. The molecule has 4 aliphatic heterocycles. The van der Waals surface area contributed by atoms with E-state index in [1.165, 1.54) is 6.42 Å². The number of carbonyl (C=O) groups is 1. The summed E-state index contributed by atoms with van der Waals surface area (Å²) in [7, 11) is 0. The SMILES string of the molecule is O=C(c1ccc2c(c1)OCO2)N1C[C@H]2CC[C@@H]1CN(Cc1cscn1)C2. The molecule has 26 heavy (non-hydrogen) atoms. The zero-order valence-corrected chi connectivity index (χ0v) is 15.3. The smallest absolute Gasteiger partial charge is 0.254 e. The van der Waals surface area contributed by atoms with Crippen LogP contribution in [-0.4, -0.2) is 53.2 Å². The number of thiazole rings is 1. The second kappa shape index (κ2) is 6.55. The zero-order chi connectivity index (χ0) is 17.5. The number of piperidine rings is 1. The number of rotatable bonds is 3. The average molecular weight is 371 g/mol. The Morgan fingerprint density at radius 2 is 2.12 bits per heavy atom. The highest BCUT2D eigenvalue weighted by molar-refractivity contribution is 7.07. The van der Waals surface area contributed by atoms with Gasteiger partial charge < -0.3 is 14.4 Å². The van der Waals surface area contributed by atoms with E-state index in [1.54, 1.807) is 11.3 Å². The summed E-state index contributed by atoms with van der Waals surface area (Å²) >= 11 is 1.64. The predicted molar refractivity (Wildman–Crippen MR) is 97.5 cm³/mol. The summed E-state index contributed by atoms with van der Waals surface area (Å²) in [4.78, 5) is 22.1. The van der Waals surface area contributed by atoms with E-state index in [4.69, 9.17) is 9.47 Å². The van der Waals surface area contributed by atoms with Crippen LogP contribution in [0.1, 0.15) is 28.9 Å². The number of hydrogen-bond donors (Lipinski definition) is 0. The maximum absolute atomic E-state index is 13.2. The van der Waals surface area contributed by atoms with Gasteiger partial charge in [0.15, 0.2) is 11.5 Å². The molecule has 2 atom stereocenters. The van der Waals surface area contributed by atoms with E-state index >= 15 is 0 Å². The van der Waals surface area contributed by atoms with E-state index < -0.39 is 0 Å². The van der Waals surface area contributed by atoms with Gasteiger partial charge in [-0.2, -0.15) is 0 Å². The van der Waals surface area contributed by atoms with E-state index in [-0.39, 0.29) is 18.7 Å². The second-order valence-electron chi connectivity index (χ2n) is 7.30. The second-order valence-corrected chi connectivity index (χ2v) is 8.02. The number of carbonyl (C=O) groups excluding carboxylic acids is 1. The van der Waals surface area contributed by atoms with Crippen molar-refractivity contribution in [2.24, 2.45) is 5.92 Å². The maximum Gasteiger partial charge on any atom is 0.254 e. The molecule has 1 aromatic carbocycles. The summed E-state index contributed by atoms with van der Waals surface area (Å²) in [5.74, 6) is 2.02. The van der Waals surface area contributed by atoms with Crippen LogP contribution >= 0.6 is 11.3 Å². The summed E-state index contributed by atoms with van der Waals surface area (Å²) in [6.45, 7) is 3.91. The molecule has 5 heterocycles. The fraction of sp³-hybridized carbons (Fsp3) is 0.474. The quantitative estimate of drug-likeness (QED) is 0.830. The first-order chi connectivity index (χ1) is 12.8. The summed E-state index contributed by atoms with van der Waals surface area (Å²) in [5, 5.41) is 2.11. The fourth-order valence-electron chi connectivity index (χ4n) is 4.30. The van der Waals surface area contributed by atoms with Crippen molar-refractivity contribution in [3.8, 4) is 11.5 Å². The third kappa shape index (κ3) is 2.95. The van der Waals surface area contributed by atoms with Crippen molar-refractivity contribution in [3.05, 3.63) is 40.3 Å². The molecule has 3 saturated heterocycles. The van der Waals surface area contributed by atoms with Crippen LogP contribution in [0.2, 0.25) is 0 Å². The molecule has 136 valence electrons. The Morgan fingerprint density at radius 1 is 1.19 bits per heavy atom. The van der Waals surface area contributed by atoms with Crippen LogP contribution in [0, 0.1) is 5.92 Å².